The van der Waals surface area contributed by atoms with Crippen molar-refractivity contribution in [3.8, 4) is 6.07 Å². The van der Waals surface area contributed by atoms with Crippen LogP contribution in [-0.4, -0.2) is 23.4 Å². The number of nitrogens with zero attached hydrogens (tertiary/aromatic N) is 2. The standard InChI is InChI=1S/C14H16N2O/c1-4-8-16(11(2)3)14(17)13-7-5-6-12(9-13)10-15/h4-7,9,11H,1,8H2,2-3H3. The summed E-state index contributed by atoms with van der Waals surface area (Å²) in [7, 11) is 0. The van der Waals surface area contributed by atoms with E-state index in [1.165, 1.54) is 0 Å². The molecule has 0 aliphatic heterocycles. The fourth-order valence-corrected chi connectivity index (χ4v) is 1.55. The minimum atomic E-state index is -0.0722. The number of amides is 1. The largest absolute Gasteiger partial charge is 0.333 e. The predicted octanol–water partition coefficient (Wildman–Crippen LogP) is 2.59. The minimum absolute atomic E-state index is 0.0722. The summed E-state index contributed by atoms with van der Waals surface area (Å²) in [6.07, 6.45) is 1.70. The number of rotatable bonds is 4. The summed E-state index contributed by atoms with van der Waals surface area (Å²) >= 11 is 0. The summed E-state index contributed by atoms with van der Waals surface area (Å²) in [5.74, 6) is -0.0722. The van der Waals surface area contributed by atoms with Crippen LogP contribution in [0.4, 0.5) is 0 Å². The fraction of sp³-hybridized carbons (Fsp3) is 0.286. The van der Waals surface area contributed by atoms with Crippen molar-refractivity contribution in [2.45, 2.75) is 19.9 Å². The molecule has 0 N–H and O–H groups in total. The van der Waals surface area contributed by atoms with E-state index in [1.54, 1.807) is 35.2 Å². The van der Waals surface area contributed by atoms with Gasteiger partial charge in [-0.15, -0.1) is 6.58 Å². The van der Waals surface area contributed by atoms with Gasteiger partial charge in [0.25, 0.3) is 5.91 Å². The Kier molecular flexibility index (Phi) is 4.47. The highest BCUT2D eigenvalue weighted by molar-refractivity contribution is 5.94. The Hall–Kier alpha value is -2.08. The molecular formula is C14H16N2O. The molecule has 17 heavy (non-hydrogen) atoms. The first-order chi connectivity index (χ1) is 8.10. The first-order valence-electron chi connectivity index (χ1n) is 5.52. The predicted molar refractivity (Wildman–Crippen MR) is 67.5 cm³/mol. The Bertz CT molecular complexity index is 458. The third-order valence-electron chi connectivity index (χ3n) is 2.45. The highest BCUT2D eigenvalue weighted by atomic mass is 16.2. The molecule has 0 radical (unpaired) electrons. The first-order valence-corrected chi connectivity index (χ1v) is 5.52. The maximum absolute atomic E-state index is 12.2. The van der Waals surface area contributed by atoms with Crippen LogP contribution in [0.25, 0.3) is 0 Å². The van der Waals surface area contributed by atoms with Gasteiger partial charge >= 0.3 is 0 Å². The Labute approximate surface area is 102 Å². The first kappa shape index (κ1) is 13.0. The quantitative estimate of drug-likeness (QED) is 0.743. The van der Waals surface area contributed by atoms with Crippen molar-refractivity contribution in [3.63, 3.8) is 0 Å². The van der Waals surface area contributed by atoms with Crippen molar-refractivity contribution < 1.29 is 4.79 Å². The number of carbonyl (C=O) groups is 1. The van der Waals surface area contributed by atoms with Crippen LogP contribution in [0.3, 0.4) is 0 Å². The third kappa shape index (κ3) is 3.18. The minimum Gasteiger partial charge on any atom is -0.333 e. The highest BCUT2D eigenvalue weighted by Gasteiger charge is 2.17. The second kappa shape index (κ2) is 5.86. The molecule has 88 valence electrons. The zero-order valence-electron chi connectivity index (χ0n) is 10.2. The van der Waals surface area contributed by atoms with E-state index in [-0.39, 0.29) is 11.9 Å². The molecule has 0 saturated carbocycles. The molecule has 0 aromatic heterocycles. The topological polar surface area (TPSA) is 44.1 Å². The number of benzene rings is 1. The molecule has 1 amide bonds. The molecule has 0 heterocycles. The van der Waals surface area contributed by atoms with Gasteiger partial charge in [-0.25, -0.2) is 0 Å². The summed E-state index contributed by atoms with van der Waals surface area (Å²) in [6, 6.07) is 8.88. The van der Waals surface area contributed by atoms with Gasteiger partial charge < -0.3 is 4.90 Å². The van der Waals surface area contributed by atoms with Crippen LogP contribution in [0, 0.1) is 11.3 Å². The van der Waals surface area contributed by atoms with Gasteiger partial charge in [-0.2, -0.15) is 5.26 Å². The average molecular weight is 228 g/mol. The molecule has 1 aromatic carbocycles. The van der Waals surface area contributed by atoms with E-state index < -0.39 is 0 Å². The van der Waals surface area contributed by atoms with Crippen LogP contribution in [-0.2, 0) is 0 Å². The van der Waals surface area contributed by atoms with Gasteiger partial charge in [0.2, 0.25) is 0 Å². The number of hydrogen-bond donors (Lipinski definition) is 0. The van der Waals surface area contributed by atoms with Gasteiger partial charge in [-0.3, -0.25) is 4.79 Å². The molecule has 0 fully saturated rings. The maximum Gasteiger partial charge on any atom is 0.254 e. The van der Waals surface area contributed by atoms with Crippen LogP contribution in [0.15, 0.2) is 36.9 Å². The normalized spacial score (nSPS) is 9.76. The molecule has 0 spiro atoms. The molecule has 1 rings (SSSR count). The molecule has 0 unspecified atom stereocenters. The van der Waals surface area contributed by atoms with Gasteiger partial charge in [-0.05, 0) is 32.0 Å². The van der Waals surface area contributed by atoms with Crippen molar-refractivity contribution in [3.05, 3.63) is 48.0 Å². The van der Waals surface area contributed by atoms with E-state index in [9.17, 15) is 4.79 Å². The van der Waals surface area contributed by atoms with Crippen LogP contribution in [0.2, 0.25) is 0 Å². The lowest BCUT2D eigenvalue weighted by atomic mass is 10.1. The lowest BCUT2D eigenvalue weighted by Crippen LogP contribution is -2.37. The van der Waals surface area contributed by atoms with E-state index >= 15 is 0 Å². The molecule has 1 aromatic rings. The Morgan fingerprint density at radius 1 is 1.59 bits per heavy atom. The van der Waals surface area contributed by atoms with Crippen LogP contribution >= 0.6 is 0 Å². The third-order valence-corrected chi connectivity index (χ3v) is 2.45. The molecule has 0 aliphatic carbocycles. The van der Waals surface area contributed by atoms with Gasteiger partial charge in [0.15, 0.2) is 0 Å². The number of carbonyl (C=O) groups excluding carboxylic acids is 1. The zero-order chi connectivity index (χ0) is 12.8. The second-order valence-electron chi connectivity index (χ2n) is 4.03. The Balaban J connectivity index is 3.01. The SMILES string of the molecule is C=CCN(C(=O)c1cccc(C#N)c1)C(C)C. The lowest BCUT2D eigenvalue weighted by molar-refractivity contribution is 0.0728. The molecule has 0 aliphatic rings. The molecule has 0 atom stereocenters. The van der Waals surface area contributed by atoms with Gasteiger partial charge in [0.05, 0.1) is 11.6 Å². The smallest absolute Gasteiger partial charge is 0.254 e. The number of nitriles is 1. The molecule has 0 bridgehead atoms. The van der Waals surface area contributed by atoms with Crippen molar-refractivity contribution in [2.24, 2.45) is 0 Å². The van der Waals surface area contributed by atoms with Crippen molar-refractivity contribution in [1.29, 1.82) is 5.26 Å². The van der Waals surface area contributed by atoms with Crippen molar-refractivity contribution in [1.82, 2.24) is 4.90 Å². The maximum atomic E-state index is 12.2. The lowest BCUT2D eigenvalue weighted by Gasteiger charge is -2.25. The zero-order valence-corrected chi connectivity index (χ0v) is 10.2. The van der Waals surface area contributed by atoms with Crippen LogP contribution in [0.1, 0.15) is 29.8 Å². The van der Waals surface area contributed by atoms with E-state index in [0.29, 0.717) is 17.7 Å². The van der Waals surface area contributed by atoms with Gasteiger partial charge in [-0.1, -0.05) is 12.1 Å². The molecule has 3 heteroatoms. The van der Waals surface area contributed by atoms with Crippen LogP contribution < -0.4 is 0 Å². The molecule has 3 nitrogen and oxygen atoms in total. The summed E-state index contributed by atoms with van der Waals surface area (Å²) in [5, 5.41) is 8.80. The van der Waals surface area contributed by atoms with E-state index in [1.807, 2.05) is 19.9 Å². The second-order valence-corrected chi connectivity index (χ2v) is 4.03. The molecular weight excluding hydrogens is 212 g/mol. The van der Waals surface area contributed by atoms with Crippen molar-refractivity contribution >= 4 is 5.91 Å². The highest BCUT2D eigenvalue weighted by Crippen LogP contribution is 2.10. The summed E-state index contributed by atoms with van der Waals surface area (Å²) < 4.78 is 0. The van der Waals surface area contributed by atoms with Gasteiger partial charge in [0, 0.05) is 18.2 Å². The van der Waals surface area contributed by atoms with Gasteiger partial charge in [0.1, 0.15) is 0 Å². The molecule has 0 saturated heterocycles. The van der Waals surface area contributed by atoms with E-state index in [0.717, 1.165) is 0 Å². The fourth-order valence-electron chi connectivity index (χ4n) is 1.55. The number of hydrogen-bond acceptors (Lipinski definition) is 2. The monoisotopic (exact) mass is 228 g/mol. The van der Waals surface area contributed by atoms with E-state index in [4.69, 9.17) is 5.26 Å². The summed E-state index contributed by atoms with van der Waals surface area (Å²) in [4.78, 5) is 13.9. The average Bonchev–Trinajstić information content (AvgIpc) is 2.34. The van der Waals surface area contributed by atoms with E-state index in [2.05, 4.69) is 6.58 Å². The Morgan fingerprint density at radius 2 is 2.29 bits per heavy atom. The Morgan fingerprint density at radius 3 is 2.82 bits per heavy atom. The summed E-state index contributed by atoms with van der Waals surface area (Å²) in [5.41, 5.74) is 1.04. The van der Waals surface area contributed by atoms with Crippen molar-refractivity contribution in [2.75, 3.05) is 6.54 Å². The summed E-state index contributed by atoms with van der Waals surface area (Å²) in [6.45, 7) is 8.06. The van der Waals surface area contributed by atoms with Crippen LogP contribution in [0.5, 0.6) is 0 Å².